The molecule has 0 fully saturated rings. The molecule has 0 radical (unpaired) electrons. The molecule has 0 saturated carbocycles. The van der Waals surface area contributed by atoms with Crippen LogP contribution in [0.5, 0.6) is 0 Å². The van der Waals surface area contributed by atoms with Crippen LogP contribution in [0.25, 0.3) is 0 Å². The van der Waals surface area contributed by atoms with E-state index in [-0.39, 0.29) is 0 Å². The zero-order valence-electron chi connectivity index (χ0n) is 7.26. The SMILES string of the molecule is CNC(C)c1ccnc(C)c1. The molecule has 0 aliphatic rings. The number of hydrogen-bond acceptors (Lipinski definition) is 2. The summed E-state index contributed by atoms with van der Waals surface area (Å²) in [5, 5.41) is 3.18. The normalized spacial score (nSPS) is 13.0. The van der Waals surface area contributed by atoms with Crippen molar-refractivity contribution in [3.63, 3.8) is 0 Å². The fourth-order valence-corrected chi connectivity index (χ4v) is 1.00. The Hall–Kier alpha value is -0.890. The molecule has 0 aromatic carbocycles. The summed E-state index contributed by atoms with van der Waals surface area (Å²) in [6.07, 6.45) is 1.85. The maximum absolute atomic E-state index is 4.13. The van der Waals surface area contributed by atoms with Gasteiger partial charge >= 0.3 is 0 Å². The van der Waals surface area contributed by atoms with E-state index in [1.54, 1.807) is 0 Å². The van der Waals surface area contributed by atoms with Gasteiger partial charge < -0.3 is 5.32 Å². The van der Waals surface area contributed by atoms with Crippen LogP contribution in [-0.2, 0) is 0 Å². The lowest BCUT2D eigenvalue weighted by Gasteiger charge is -2.09. The summed E-state index contributed by atoms with van der Waals surface area (Å²) in [5.74, 6) is 0. The average Bonchev–Trinajstić information content (AvgIpc) is 2.03. The first kappa shape index (κ1) is 8.21. The van der Waals surface area contributed by atoms with Gasteiger partial charge in [0.25, 0.3) is 0 Å². The lowest BCUT2D eigenvalue weighted by Crippen LogP contribution is -2.12. The Morgan fingerprint density at radius 2 is 2.27 bits per heavy atom. The van der Waals surface area contributed by atoms with Gasteiger partial charge in [-0.2, -0.15) is 0 Å². The van der Waals surface area contributed by atoms with Gasteiger partial charge in [-0.05, 0) is 38.6 Å². The third kappa shape index (κ3) is 2.02. The summed E-state index contributed by atoms with van der Waals surface area (Å²) in [6.45, 7) is 4.14. The molecular weight excluding hydrogens is 136 g/mol. The second-order valence-electron chi connectivity index (χ2n) is 2.74. The van der Waals surface area contributed by atoms with Crippen molar-refractivity contribution in [2.24, 2.45) is 0 Å². The molecule has 0 bridgehead atoms. The zero-order valence-corrected chi connectivity index (χ0v) is 7.26. The van der Waals surface area contributed by atoms with Crippen LogP contribution in [0.3, 0.4) is 0 Å². The van der Waals surface area contributed by atoms with E-state index >= 15 is 0 Å². The third-order valence-corrected chi connectivity index (χ3v) is 1.85. The highest BCUT2D eigenvalue weighted by Gasteiger charge is 2.00. The van der Waals surface area contributed by atoms with Gasteiger partial charge in [-0.1, -0.05) is 0 Å². The molecule has 1 rings (SSSR count). The smallest absolute Gasteiger partial charge is 0.0375 e. The van der Waals surface area contributed by atoms with Gasteiger partial charge in [0.15, 0.2) is 0 Å². The minimum Gasteiger partial charge on any atom is -0.313 e. The molecule has 0 aliphatic carbocycles. The highest BCUT2D eigenvalue weighted by molar-refractivity contribution is 5.18. The minimum absolute atomic E-state index is 0.414. The van der Waals surface area contributed by atoms with Crippen molar-refractivity contribution < 1.29 is 0 Å². The molecule has 0 saturated heterocycles. The van der Waals surface area contributed by atoms with Crippen molar-refractivity contribution in [2.75, 3.05) is 7.05 Å². The molecule has 0 aliphatic heterocycles. The van der Waals surface area contributed by atoms with Gasteiger partial charge in [-0.25, -0.2) is 0 Å². The summed E-state index contributed by atoms with van der Waals surface area (Å²) in [7, 11) is 1.96. The van der Waals surface area contributed by atoms with E-state index in [4.69, 9.17) is 0 Å². The number of rotatable bonds is 2. The Bertz CT molecular complexity index is 233. The first-order chi connectivity index (χ1) is 5.24. The van der Waals surface area contributed by atoms with Crippen molar-refractivity contribution in [3.8, 4) is 0 Å². The Balaban J connectivity index is 2.86. The largest absolute Gasteiger partial charge is 0.313 e. The third-order valence-electron chi connectivity index (χ3n) is 1.85. The summed E-state index contributed by atoms with van der Waals surface area (Å²) >= 11 is 0. The molecule has 1 atom stereocenters. The molecule has 1 N–H and O–H groups in total. The van der Waals surface area contributed by atoms with E-state index in [9.17, 15) is 0 Å². The quantitative estimate of drug-likeness (QED) is 0.693. The molecule has 60 valence electrons. The number of aryl methyl sites for hydroxylation is 1. The van der Waals surface area contributed by atoms with E-state index in [0.717, 1.165) is 5.69 Å². The predicted molar refractivity (Wildman–Crippen MR) is 46.4 cm³/mol. The Morgan fingerprint density at radius 3 is 2.82 bits per heavy atom. The highest BCUT2D eigenvalue weighted by atomic mass is 14.9. The van der Waals surface area contributed by atoms with Crippen LogP contribution < -0.4 is 5.32 Å². The Labute approximate surface area is 67.7 Å². The lowest BCUT2D eigenvalue weighted by atomic mass is 10.1. The molecule has 1 aromatic rings. The number of pyridine rings is 1. The molecule has 0 spiro atoms. The predicted octanol–water partition coefficient (Wildman–Crippen LogP) is 1.67. The van der Waals surface area contributed by atoms with Crippen LogP contribution in [-0.4, -0.2) is 12.0 Å². The molecule has 11 heavy (non-hydrogen) atoms. The Kier molecular flexibility index (Phi) is 2.60. The van der Waals surface area contributed by atoms with Gasteiger partial charge in [-0.3, -0.25) is 4.98 Å². The van der Waals surface area contributed by atoms with Crippen LogP contribution in [0.4, 0.5) is 0 Å². The van der Waals surface area contributed by atoms with Crippen molar-refractivity contribution in [3.05, 3.63) is 29.6 Å². The van der Waals surface area contributed by atoms with E-state index in [0.29, 0.717) is 6.04 Å². The van der Waals surface area contributed by atoms with Crippen LogP contribution in [0.1, 0.15) is 24.2 Å². The molecule has 1 unspecified atom stereocenters. The van der Waals surface area contributed by atoms with Crippen LogP contribution in [0.2, 0.25) is 0 Å². The standard InChI is InChI=1S/C9H14N2/c1-7-6-9(4-5-11-7)8(2)10-3/h4-6,8,10H,1-3H3. The minimum atomic E-state index is 0.414. The number of nitrogens with one attached hydrogen (secondary N) is 1. The van der Waals surface area contributed by atoms with Crippen molar-refractivity contribution in [1.29, 1.82) is 0 Å². The monoisotopic (exact) mass is 150 g/mol. The maximum atomic E-state index is 4.13. The summed E-state index contributed by atoms with van der Waals surface area (Å²) in [6, 6.07) is 4.55. The number of nitrogens with zero attached hydrogens (tertiary/aromatic N) is 1. The number of aromatic nitrogens is 1. The van der Waals surface area contributed by atoms with E-state index in [2.05, 4.69) is 23.3 Å². The summed E-state index contributed by atoms with van der Waals surface area (Å²) in [5.41, 5.74) is 2.37. The second kappa shape index (κ2) is 3.49. The van der Waals surface area contributed by atoms with Gasteiger partial charge in [-0.15, -0.1) is 0 Å². The van der Waals surface area contributed by atoms with Crippen molar-refractivity contribution in [1.82, 2.24) is 10.3 Å². The molecule has 2 nitrogen and oxygen atoms in total. The molecule has 0 amide bonds. The van der Waals surface area contributed by atoms with Crippen LogP contribution >= 0.6 is 0 Å². The molecule has 1 aromatic heterocycles. The zero-order chi connectivity index (χ0) is 8.27. The first-order valence-electron chi connectivity index (χ1n) is 3.84. The van der Waals surface area contributed by atoms with Crippen LogP contribution in [0.15, 0.2) is 18.3 Å². The summed E-state index contributed by atoms with van der Waals surface area (Å²) < 4.78 is 0. The molecular formula is C9H14N2. The number of hydrogen-bond donors (Lipinski definition) is 1. The van der Waals surface area contributed by atoms with Gasteiger partial charge in [0.1, 0.15) is 0 Å². The van der Waals surface area contributed by atoms with E-state index in [1.807, 2.05) is 26.2 Å². The van der Waals surface area contributed by atoms with Gasteiger partial charge in [0.2, 0.25) is 0 Å². The summed E-state index contributed by atoms with van der Waals surface area (Å²) in [4.78, 5) is 4.13. The topological polar surface area (TPSA) is 24.9 Å². The fourth-order valence-electron chi connectivity index (χ4n) is 1.00. The van der Waals surface area contributed by atoms with Gasteiger partial charge in [0.05, 0.1) is 0 Å². The van der Waals surface area contributed by atoms with Crippen LogP contribution in [0, 0.1) is 6.92 Å². The first-order valence-corrected chi connectivity index (χ1v) is 3.84. The second-order valence-corrected chi connectivity index (χ2v) is 2.74. The Morgan fingerprint density at radius 1 is 1.55 bits per heavy atom. The van der Waals surface area contributed by atoms with Crippen molar-refractivity contribution >= 4 is 0 Å². The van der Waals surface area contributed by atoms with Gasteiger partial charge in [0, 0.05) is 17.9 Å². The molecule has 2 heteroatoms. The van der Waals surface area contributed by atoms with E-state index < -0.39 is 0 Å². The highest BCUT2D eigenvalue weighted by Crippen LogP contribution is 2.10. The fraction of sp³-hybridized carbons (Fsp3) is 0.444. The maximum Gasteiger partial charge on any atom is 0.0375 e. The molecule has 1 heterocycles. The van der Waals surface area contributed by atoms with Crippen molar-refractivity contribution in [2.45, 2.75) is 19.9 Å². The average molecular weight is 150 g/mol. The lowest BCUT2D eigenvalue weighted by molar-refractivity contribution is 0.650. The van der Waals surface area contributed by atoms with E-state index in [1.165, 1.54) is 5.56 Å².